The van der Waals surface area contributed by atoms with Crippen molar-refractivity contribution in [3.63, 3.8) is 0 Å². The number of allylic oxidation sites excluding steroid dienone is 1. The quantitative estimate of drug-likeness (QED) is 0.501. The second-order valence-electron chi connectivity index (χ2n) is 9.20. The number of nitrogens with one attached hydrogen (secondary N) is 1. The molecule has 1 aliphatic rings. The minimum atomic E-state index is -0.365. The van der Waals surface area contributed by atoms with Crippen LogP contribution in [0.15, 0.2) is 52.7 Å². The molecule has 0 saturated carbocycles. The summed E-state index contributed by atoms with van der Waals surface area (Å²) < 4.78 is 5.78. The molecule has 0 saturated heterocycles. The fourth-order valence-electron chi connectivity index (χ4n) is 4.18. The Hall–Kier alpha value is -3.41. The molecule has 0 aliphatic carbocycles. The van der Waals surface area contributed by atoms with Crippen molar-refractivity contribution in [1.29, 1.82) is 0 Å². The Morgan fingerprint density at radius 1 is 1.06 bits per heavy atom. The zero-order chi connectivity index (χ0) is 23.7. The molecule has 0 fully saturated rings. The Kier molecular flexibility index (Phi) is 6.36. The van der Waals surface area contributed by atoms with Crippen LogP contribution in [-0.4, -0.2) is 27.6 Å². The Morgan fingerprint density at radius 3 is 2.42 bits per heavy atom. The highest BCUT2D eigenvalue weighted by atomic mass is 16.5. The van der Waals surface area contributed by atoms with Gasteiger partial charge < -0.3 is 9.84 Å². The molecule has 33 heavy (non-hydrogen) atoms. The Labute approximate surface area is 195 Å². The van der Waals surface area contributed by atoms with Crippen molar-refractivity contribution in [2.75, 3.05) is 6.54 Å². The fourth-order valence-corrected chi connectivity index (χ4v) is 4.18. The van der Waals surface area contributed by atoms with Gasteiger partial charge in [-0.3, -0.25) is 4.90 Å². The summed E-state index contributed by atoms with van der Waals surface area (Å²) in [6.07, 6.45) is 0.979. The zero-order valence-electron chi connectivity index (χ0n) is 20.3. The third-order valence-corrected chi connectivity index (χ3v) is 6.29. The molecule has 3 aromatic rings. The maximum absolute atomic E-state index is 13.1. The molecule has 6 nitrogen and oxygen atoms in total. The summed E-state index contributed by atoms with van der Waals surface area (Å²) in [6, 6.07) is 14.0. The van der Waals surface area contributed by atoms with Crippen molar-refractivity contribution < 1.29 is 9.32 Å². The van der Waals surface area contributed by atoms with Crippen LogP contribution in [0.2, 0.25) is 0 Å². The van der Waals surface area contributed by atoms with Crippen molar-refractivity contribution in [3.05, 3.63) is 76.3 Å². The molecule has 4 rings (SSSR count). The van der Waals surface area contributed by atoms with Gasteiger partial charge in [-0.1, -0.05) is 68.4 Å². The van der Waals surface area contributed by atoms with Crippen molar-refractivity contribution >= 4 is 11.6 Å². The van der Waals surface area contributed by atoms with Crippen molar-refractivity contribution in [2.24, 2.45) is 5.92 Å². The van der Waals surface area contributed by atoms with Gasteiger partial charge in [0.1, 0.15) is 0 Å². The van der Waals surface area contributed by atoms with Crippen LogP contribution >= 0.6 is 0 Å². The maximum atomic E-state index is 13.1. The molecule has 0 bridgehead atoms. The zero-order valence-corrected chi connectivity index (χ0v) is 20.3. The highest BCUT2D eigenvalue weighted by Crippen LogP contribution is 2.38. The predicted octanol–water partition coefficient (Wildman–Crippen LogP) is 6.07. The van der Waals surface area contributed by atoms with Gasteiger partial charge in [-0.05, 0) is 55.4 Å². The first-order chi connectivity index (χ1) is 15.8. The predicted molar refractivity (Wildman–Crippen MR) is 130 cm³/mol. The number of urea groups is 1. The Balaban J connectivity index is 1.80. The SMILES string of the molecule is CCc1ccc(-c2noc(C3=C(C)N(CC(C)C)C(=O)NC3c3ccc(C)c(C)c3)n2)cc1. The van der Waals surface area contributed by atoms with E-state index in [9.17, 15) is 4.79 Å². The number of hydrogen-bond acceptors (Lipinski definition) is 4. The fraction of sp³-hybridized carbons (Fsp3) is 0.370. The van der Waals surface area contributed by atoms with Gasteiger partial charge in [0.15, 0.2) is 0 Å². The molecule has 1 aliphatic heterocycles. The van der Waals surface area contributed by atoms with Crippen LogP contribution in [-0.2, 0) is 6.42 Å². The molecule has 0 spiro atoms. The van der Waals surface area contributed by atoms with Gasteiger partial charge in [0, 0.05) is 17.8 Å². The number of benzene rings is 2. The molecule has 6 heteroatoms. The third kappa shape index (κ3) is 4.56. The van der Waals surface area contributed by atoms with E-state index in [-0.39, 0.29) is 12.1 Å². The number of carbonyl (C=O) groups is 1. The molecule has 2 heterocycles. The summed E-state index contributed by atoms with van der Waals surface area (Å²) in [5, 5.41) is 7.44. The smallest absolute Gasteiger partial charge is 0.322 e. The summed E-state index contributed by atoms with van der Waals surface area (Å²) in [7, 11) is 0. The molecule has 2 amide bonds. The lowest BCUT2D eigenvalue weighted by Gasteiger charge is -2.36. The minimum absolute atomic E-state index is 0.108. The van der Waals surface area contributed by atoms with Gasteiger partial charge in [0.05, 0.1) is 11.6 Å². The van der Waals surface area contributed by atoms with Crippen LogP contribution in [0.1, 0.15) is 61.9 Å². The van der Waals surface area contributed by atoms with E-state index in [4.69, 9.17) is 9.51 Å². The van der Waals surface area contributed by atoms with E-state index < -0.39 is 0 Å². The number of aryl methyl sites for hydroxylation is 3. The standard InChI is InChI=1S/C27H32N4O2/c1-7-20-9-12-21(13-10-20)25-29-26(33-30-25)23-19(6)31(15-16(2)3)27(32)28-24(23)22-11-8-17(4)18(5)14-22/h8-14,16,24H,7,15H2,1-6H3,(H,28,32). The molecule has 0 radical (unpaired) electrons. The summed E-state index contributed by atoms with van der Waals surface area (Å²) >= 11 is 0. The van der Waals surface area contributed by atoms with E-state index in [1.165, 1.54) is 16.7 Å². The first-order valence-electron chi connectivity index (χ1n) is 11.6. The van der Waals surface area contributed by atoms with E-state index in [2.05, 4.69) is 75.4 Å². The lowest BCUT2D eigenvalue weighted by molar-refractivity contribution is 0.199. The topological polar surface area (TPSA) is 71.3 Å². The van der Waals surface area contributed by atoms with Crippen LogP contribution in [0.25, 0.3) is 17.0 Å². The van der Waals surface area contributed by atoms with E-state index >= 15 is 0 Å². The highest BCUT2D eigenvalue weighted by molar-refractivity contribution is 5.87. The number of hydrogen-bond donors (Lipinski definition) is 1. The van der Waals surface area contributed by atoms with E-state index in [1.54, 1.807) is 4.90 Å². The third-order valence-electron chi connectivity index (χ3n) is 6.29. The number of amides is 2. The number of carbonyl (C=O) groups excluding carboxylic acids is 1. The lowest BCUT2D eigenvalue weighted by atomic mass is 9.92. The second kappa shape index (κ2) is 9.22. The Morgan fingerprint density at radius 2 is 1.79 bits per heavy atom. The van der Waals surface area contributed by atoms with Crippen LogP contribution < -0.4 is 5.32 Å². The first-order valence-corrected chi connectivity index (χ1v) is 11.6. The van der Waals surface area contributed by atoms with Gasteiger partial charge in [-0.15, -0.1) is 0 Å². The van der Waals surface area contributed by atoms with Gasteiger partial charge in [0.2, 0.25) is 5.82 Å². The summed E-state index contributed by atoms with van der Waals surface area (Å²) in [6.45, 7) is 13.1. The van der Waals surface area contributed by atoms with Crippen LogP contribution in [0.5, 0.6) is 0 Å². The Bertz CT molecular complexity index is 1190. The molecule has 1 aromatic heterocycles. The van der Waals surface area contributed by atoms with Gasteiger partial charge in [-0.2, -0.15) is 4.98 Å². The highest BCUT2D eigenvalue weighted by Gasteiger charge is 2.36. The van der Waals surface area contributed by atoms with Crippen molar-refractivity contribution in [1.82, 2.24) is 20.4 Å². The van der Waals surface area contributed by atoms with Crippen molar-refractivity contribution in [2.45, 2.75) is 54.0 Å². The number of aromatic nitrogens is 2. The number of nitrogens with zero attached hydrogens (tertiary/aromatic N) is 3. The lowest BCUT2D eigenvalue weighted by Crippen LogP contribution is -2.47. The summed E-state index contributed by atoms with van der Waals surface area (Å²) in [4.78, 5) is 19.6. The van der Waals surface area contributed by atoms with E-state index in [1.807, 2.05) is 19.1 Å². The number of rotatable bonds is 6. The van der Waals surface area contributed by atoms with Crippen LogP contribution in [0.3, 0.4) is 0 Å². The molecular weight excluding hydrogens is 412 g/mol. The first kappa shape index (κ1) is 22.8. The summed E-state index contributed by atoms with van der Waals surface area (Å²) in [5.74, 6) is 1.29. The van der Waals surface area contributed by atoms with Gasteiger partial charge in [0.25, 0.3) is 5.89 Å². The molecule has 1 N–H and O–H groups in total. The van der Waals surface area contributed by atoms with E-state index in [0.717, 1.165) is 28.8 Å². The largest absolute Gasteiger partial charge is 0.334 e. The van der Waals surface area contributed by atoms with Crippen LogP contribution in [0, 0.1) is 19.8 Å². The molecule has 1 atom stereocenters. The van der Waals surface area contributed by atoms with Gasteiger partial charge in [-0.25, -0.2) is 4.79 Å². The van der Waals surface area contributed by atoms with E-state index in [0.29, 0.717) is 24.2 Å². The second-order valence-corrected chi connectivity index (χ2v) is 9.20. The van der Waals surface area contributed by atoms with Crippen LogP contribution in [0.4, 0.5) is 4.79 Å². The minimum Gasteiger partial charge on any atom is -0.334 e. The normalized spacial score (nSPS) is 16.5. The average molecular weight is 445 g/mol. The van der Waals surface area contributed by atoms with Gasteiger partial charge >= 0.3 is 6.03 Å². The monoisotopic (exact) mass is 444 g/mol. The molecule has 172 valence electrons. The molecule has 2 aromatic carbocycles. The summed E-state index contributed by atoms with van der Waals surface area (Å²) in [5.41, 5.74) is 7.22. The average Bonchev–Trinajstić information content (AvgIpc) is 3.27. The molecular formula is C27H32N4O2. The maximum Gasteiger partial charge on any atom is 0.322 e. The molecule has 1 unspecified atom stereocenters. The van der Waals surface area contributed by atoms with Crippen molar-refractivity contribution in [3.8, 4) is 11.4 Å².